The fraction of sp³-hybridized carbons (Fsp3) is 0.476. The van der Waals surface area contributed by atoms with E-state index in [0.29, 0.717) is 18.7 Å². The highest BCUT2D eigenvalue weighted by molar-refractivity contribution is 5.99. The summed E-state index contributed by atoms with van der Waals surface area (Å²) in [6.07, 6.45) is -1.37. The van der Waals surface area contributed by atoms with E-state index in [0.717, 1.165) is 43.9 Å². The van der Waals surface area contributed by atoms with Gasteiger partial charge in [0.05, 0.1) is 18.3 Å². The van der Waals surface area contributed by atoms with Crippen LogP contribution in [0.3, 0.4) is 0 Å². The second-order valence-corrected chi connectivity index (χ2v) is 8.97. The summed E-state index contributed by atoms with van der Waals surface area (Å²) in [5, 5.41) is 9.55. The molecule has 3 aliphatic rings. The van der Waals surface area contributed by atoms with Crippen LogP contribution >= 0.6 is 0 Å². The highest BCUT2D eigenvalue weighted by Gasteiger charge is 2.54. The number of amides is 3. The van der Waals surface area contributed by atoms with Gasteiger partial charge in [0.15, 0.2) is 0 Å². The van der Waals surface area contributed by atoms with Crippen molar-refractivity contribution < 1.29 is 22.8 Å². The second-order valence-electron chi connectivity index (χ2n) is 8.97. The minimum absolute atomic E-state index is 0.00600. The van der Waals surface area contributed by atoms with Gasteiger partial charge in [-0.3, -0.25) is 4.79 Å². The van der Waals surface area contributed by atoms with Crippen molar-refractivity contribution in [2.45, 2.75) is 31.6 Å². The molecule has 32 heavy (non-hydrogen) atoms. The Balaban J connectivity index is 1.10. The predicted octanol–water partition coefficient (Wildman–Crippen LogP) is 2.78. The third-order valence-corrected chi connectivity index (χ3v) is 6.53. The fourth-order valence-electron chi connectivity index (χ4n) is 5.00. The highest BCUT2D eigenvalue weighted by atomic mass is 19.4. The molecule has 2 N–H and O–H groups in total. The Kier molecular flexibility index (Phi) is 4.61. The summed E-state index contributed by atoms with van der Waals surface area (Å²) in [6, 6.07) is 3.93. The van der Waals surface area contributed by atoms with E-state index in [4.69, 9.17) is 0 Å². The number of urea groups is 1. The summed E-state index contributed by atoms with van der Waals surface area (Å²) < 4.78 is 40.3. The number of halogens is 3. The minimum atomic E-state index is -4.46. The van der Waals surface area contributed by atoms with Crippen molar-refractivity contribution in [1.29, 1.82) is 0 Å². The first-order valence-electron chi connectivity index (χ1n) is 10.4. The molecule has 11 heteroatoms. The molecule has 0 atom stereocenters. The monoisotopic (exact) mass is 448 g/mol. The van der Waals surface area contributed by atoms with Crippen molar-refractivity contribution in [3.05, 3.63) is 41.6 Å². The lowest BCUT2D eigenvalue weighted by molar-refractivity contribution is -0.137. The molecule has 1 aliphatic carbocycles. The van der Waals surface area contributed by atoms with Crippen LogP contribution in [0.2, 0.25) is 0 Å². The van der Waals surface area contributed by atoms with Crippen molar-refractivity contribution in [3.63, 3.8) is 0 Å². The third kappa shape index (κ3) is 3.55. The minimum Gasteiger partial charge on any atom is -0.357 e. The molecule has 170 valence electrons. The molecular weight excluding hydrogens is 425 g/mol. The zero-order valence-electron chi connectivity index (χ0n) is 17.4. The first kappa shape index (κ1) is 20.7. The number of aromatic nitrogens is 2. The van der Waals surface area contributed by atoms with Crippen molar-refractivity contribution >= 4 is 23.4 Å². The van der Waals surface area contributed by atoms with Gasteiger partial charge in [-0.25, -0.2) is 9.48 Å². The molecule has 1 saturated carbocycles. The number of carbonyl (C=O) groups excluding carboxylic acids is 2. The normalized spacial score (nSPS) is 19.4. The third-order valence-electron chi connectivity index (χ3n) is 6.53. The topological polar surface area (TPSA) is 82.5 Å². The summed E-state index contributed by atoms with van der Waals surface area (Å²) in [4.78, 5) is 28.9. The van der Waals surface area contributed by atoms with Crippen LogP contribution in [0.15, 0.2) is 30.5 Å². The average molecular weight is 448 g/mol. The first-order chi connectivity index (χ1) is 15.1. The lowest BCUT2D eigenvalue weighted by Gasteiger charge is -2.59. The molecule has 1 aromatic heterocycles. The fourth-order valence-corrected chi connectivity index (χ4v) is 5.00. The van der Waals surface area contributed by atoms with E-state index in [2.05, 4.69) is 15.7 Å². The van der Waals surface area contributed by atoms with E-state index in [1.54, 1.807) is 6.20 Å². The molecule has 2 aliphatic heterocycles. The van der Waals surface area contributed by atoms with Crippen molar-refractivity contribution in [2.75, 3.05) is 36.9 Å². The molecule has 1 spiro atoms. The van der Waals surface area contributed by atoms with E-state index in [-0.39, 0.29) is 23.1 Å². The van der Waals surface area contributed by atoms with E-state index < -0.39 is 17.8 Å². The molecule has 0 radical (unpaired) electrons. The molecule has 1 aromatic carbocycles. The largest absolute Gasteiger partial charge is 0.416 e. The Hall–Kier alpha value is -3.24. The number of rotatable bonds is 3. The Morgan fingerprint density at radius 2 is 1.94 bits per heavy atom. The van der Waals surface area contributed by atoms with Crippen LogP contribution < -0.4 is 15.5 Å². The standard InChI is InChI=1S/C21H23F3N6O2/c1-28-5-6-30-17(28)16(10-25-30)18(31)29-11-20(12-29)8-15(9-20)27-19(32)26-14-4-2-3-13(7-14)21(22,23)24/h2-4,7,10,15H,5-6,8-9,11-12H2,1H3,(H2,26,27,32). The molecule has 3 amide bonds. The zero-order valence-corrected chi connectivity index (χ0v) is 17.4. The van der Waals surface area contributed by atoms with Gasteiger partial charge in [-0.05, 0) is 31.0 Å². The van der Waals surface area contributed by atoms with E-state index in [1.807, 2.05) is 21.5 Å². The summed E-state index contributed by atoms with van der Waals surface area (Å²) >= 11 is 0. The van der Waals surface area contributed by atoms with Crippen LogP contribution in [0.4, 0.5) is 29.5 Å². The van der Waals surface area contributed by atoms with Crippen LogP contribution in [0.1, 0.15) is 28.8 Å². The number of likely N-dealkylation sites (tertiary alicyclic amines) is 1. The molecule has 3 heterocycles. The van der Waals surface area contributed by atoms with Gasteiger partial charge in [-0.2, -0.15) is 18.3 Å². The lowest BCUT2D eigenvalue weighted by atomic mass is 9.60. The Labute approximate surface area is 182 Å². The number of hydrogen-bond donors (Lipinski definition) is 2. The van der Waals surface area contributed by atoms with Crippen LogP contribution in [0, 0.1) is 5.41 Å². The van der Waals surface area contributed by atoms with Crippen molar-refractivity contribution in [3.8, 4) is 0 Å². The van der Waals surface area contributed by atoms with Crippen LogP contribution in [-0.2, 0) is 12.7 Å². The number of fused-ring (bicyclic) bond motifs is 1. The molecule has 0 unspecified atom stereocenters. The smallest absolute Gasteiger partial charge is 0.357 e. The maximum Gasteiger partial charge on any atom is 0.416 e. The quantitative estimate of drug-likeness (QED) is 0.757. The highest BCUT2D eigenvalue weighted by Crippen LogP contribution is 2.49. The van der Waals surface area contributed by atoms with E-state index in [9.17, 15) is 22.8 Å². The molecule has 1 saturated heterocycles. The van der Waals surface area contributed by atoms with E-state index in [1.165, 1.54) is 12.1 Å². The van der Waals surface area contributed by atoms with Gasteiger partial charge in [0.2, 0.25) is 0 Å². The van der Waals surface area contributed by atoms with Crippen LogP contribution in [-0.4, -0.2) is 59.3 Å². The number of hydrogen-bond acceptors (Lipinski definition) is 4. The zero-order chi connectivity index (χ0) is 22.7. The molecule has 0 bridgehead atoms. The number of carbonyl (C=O) groups is 2. The number of likely N-dealkylation sites (N-methyl/N-ethyl adjacent to an activating group) is 1. The maximum absolute atomic E-state index is 12.9. The Morgan fingerprint density at radius 3 is 2.66 bits per heavy atom. The van der Waals surface area contributed by atoms with Gasteiger partial charge in [0.25, 0.3) is 5.91 Å². The number of alkyl halides is 3. The second kappa shape index (κ2) is 7.14. The van der Waals surface area contributed by atoms with Gasteiger partial charge in [-0.1, -0.05) is 6.07 Å². The van der Waals surface area contributed by atoms with Crippen LogP contribution in [0.5, 0.6) is 0 Å². The number of anilines is 2. The summed E-state index contributed by atoms with van der Waals surface area (Å²) in [5.41, 5.74) is -0.0985. The SMILES string of the molecule is CN1CCn2ncc(C(=O)N3CC4(CC(NC(=O)Nc5cccc(C(F)(F)F)c5)C4)C3)c21. The van der Waals surface area contributed by atoms with Gasteiger partial charge in [0.1, 0.15) is 11.4 Å². The average Bonchev–Trinajstić information content (AvgIpc) is 3.25. The summed E-state index contributed by atoms with van der Waals surface area (Å²) in [5.74, 6) is 0.833. The van der Waals surface area contributed by atoms with Crippen molar-refractivity contribution in [1.82, 2.24) is 20.0 Å². The van der Waals surface area contributed by atoms with Gasteiger partial charge >= 0.3 is 12.2 Å². The van der Waals surface area contributed by atoms with E-state index >= 15 is 0 Å². The Morgan fingerprint density at radius 1 is 1.19 bits per heavy atom. The predicted molar refractivity (Wildman–Crippen MR) is 110 cm³/mol. The molecule has 5 rings (SSSR count). The molecule has 2 aromatic rings. The first-order valence-corrected chi connectivity index (χ1v) is 10.4. The number of nitrogens with one attached hydrogen (secondary N) is 2. The lowest BCUT2D eigenvalue weighted by Crippen LogP contribution is -2.67. The number of nitrogens with zero attached hydrogens (tertiary/aromatic N) is 4. The van der Waals surface area contributed by atoms with Crippen LogP contribution in [0.25, 0.3) is 0 Å². The molecular formula is C21H23F3N6O2. The molecule has 8 nitrogen and oxygen atoms in total. The molecule has 2 fully saturated rings. The van der Waals surface area contributed by atoms with Gasteiger partial charge in [0, 0.05) is 43.8 Å². The summed E-state index contributed by atoms with van der Waals surface area (Å²) in [7, 11) is 1.95. The number of benzene rings is 1. The summed E-state index contributed by atoms with van der Waals surface area (Å²) in [6.45, 7) is 2.88. The Bertz CT molecular complexity index is 1070. The van der Waals surface area contributed by atoms with Gasteiger partial charge < -0.3 is 20.4 Å². The van der Waals surface area contributed by atoms with Crippen molar-refractivity contribution in [2.24, 2.45) is 5.41 Å². The van der Waals surface area contributed by atoms with Gasteiger partial charge in [-0.15, -0.1) is 0 Å². The maximum atomic E-state index is 12.9.